The largest absolute Gasteiger partial charge is 0.435 e. The third kappa shape index (κ3) is 5.41. The Morgan fingerprint density at radius 1 is 1.20 bits per heavy atom. The van der Waals surface area contributed by atoms with Gasteiger partial charge in [-0.05, 0) is 49.2 Å². The number of thiol groups is 3. The molecule has 5 rings (SSSR count). The van der Waals surface area contributed by atoms with Gasteiger partial charge in [-0.1, -0.05) is 18.2 Å². The average molecular weight is 622 g/mol. The van der Waals surface area contributed by atoms with Gasteiger partial charge in [-0.15, -0.1) is 37.9 Å². The standard InChI is InChI=1S/C26H25F2N5O3S4/c1-14-17(4-3-5-21(14)36-25(27)28)24(34)33(26(37,38)39)19-10-11-32-20-12-15(6-8-18(20)31-23(19)32)16-7-9-22(30-13-16)40(2,29)35/h3-9,12-13,19,25,29,37-39H,10-11H2,1-2H3/t19-,40?/m1/s1. The zero-order chi connectivity index (χ0) is 29.0. The number of halogens is 2. The SMILES string of the molecule is Cc1c(OC(F)F)cccc1C(=O)N([C@@H]1CCn2c1nc1ccc(-c3ccc(S(C)(=N)=O)nc3)cc12)C(S)(S)S. The van der Waals surface area contributed by atoms with Crippen LogP contribution < -0.4 is 4.74 Å². The van der Waals surface area contributed by atoms with Crippen molar-refractivity contribution in [2.24, 2.45) is 0 Å². The van der Waals surface area contributed by atoms with Gasteiger partial charge >= 0.3 is 6.61 Å². The zero-order valence-corrected chi connectivity index (χ0v) is 24.8. The lowest BCUT2D eigenvalue weighted by Gasteiger charge is -2.37. The second-order valence-electron chi connectivity index (χ2n) is 9.44. The number of rotatable bonds is 7. The summed E-state index contributed by atoms with van der Waals surface area (Å²) < 4.78 is 50.6. The summed E-state index contributed by atoms with van der Waals surface area (Å²) in [4.78, 5) is 24.3. The van der Waals surface area contributed by atoms with Crippen LogP contribution in [0.2, 0.25) is 0 Å². The molecule has 3 heterocycles. The van der Waals surface area contributed by atoms with Gasteiger partial charge in [-0.3, -0.25) is 9.69 Å². The lowest BCUT2D eigenvalue weighted by molar-refractivity contribution is -0.0503. The van der Waals surface area contributed by atoms with E-state index in [1.165, 1.54) is 36.3 Å². The molecular weight excluding hydrogens is 597 g/mol. The third-order valence-corrected chi connectivity index (χ3v) is 8.44. The summed E-state index contributed by atoms with van der Waals surface area (Å²) in [5, 5.41) is 0.213. The molecule has 0 spiro atoms. The van der Waals surface area contributed by atoms with E-state index in [0.29, 0.717) is 18.8 Å². The van der Waals surface area contributed by atoms with Crippen molar-refractivity contribution < 1.29 is 22.5 Å². The van der Waals surface area contributed by atoms with Crippen LogP contribution in [-0.4, -0.2) is 46.0 Å². The van der Waals surface area contributed by atoms with Crippen LogP contribution in [0, 0.1) is 11.7 Å². The van der Waals surface area contributed by atoms with Crippen molar-refractivity contribution in [2.75, 3.05) is 6.26 Å². The van der Waals surface area contributed by atoms with Crippen molar-refractivity contribution >= 4 is 64.6 Å². The number of benzene rings is 2. The van der Waals surface area contributed by atoms with Gasteiger partial charge in [0.05, 0.1) is 26.8 Å². The Morgan fingerprint density at radius 2 is 1.93 bits per heavy atom. The summed E-state index contributed by atoms with van der Waals surface area (Å²) >= 11 is 13.4. The number of carbonyl (C=O) groups is 1. The normalized spacial score (nSPS) is 16.6. The highest BCUT2D eigenvalue weighted by Crippen LogP contribution is 2.44. The number of amides is 1. The van der Waals surface area contributed by atoms with E-state index in [4.69, 9.17) is 9.76 Å². The van der Waals surface area contributed by atoms with Gasteiger partial charge in [-0.2, -0.15) is 8.78 Å². The number of imidazole rings is 1. The van der Waals surface area contributed by atoms with Crippen molar-refractivity contribution in [2.45, 2.75) is 41.1 Å². The molecule has 0 radical (unpaired) electrons. The molecule has 1 aliphatic heterocycles. The smallest absolute Gasteiger partial charge is 0.387 e. The number of fused-ring (bicyclic) bond motifs is 3. The van der Waals surface area contributed by atoms with Crippen LogP contribution in [0.1, 0.15) is 34.2 Å². The van der Waals surface area contributed by atoms with Gasteiger partial charge in [-0.25, -0.2) is 19.0 Å². The predicted octanol–water partition coefficient (Wildman–Crippen LogP) is 6.03. The molecule has 1 N–H and O–H groups in total. The highest BCUT2D eigenvalue weighted by atomic mass is 32.2. The van der Waals surface area contributed by atoms with E-state index in [2.05, 4.69) is 47.6 Å². The molecule has 40 heavy (non-hydrogen) atoms. The fourth-order valence-corrected chi connectivity index (χ4v) is 6.18. The zero-order valence-electron chi connectivity index (χ0n) is 21.3. The Kier molecular flexibility index (Phi) is 7.57. The van der Waals surface area contributed by atoms with Crippen molar-refractivity contribution in [3.63, 3.8) is 0 Å². The van der Waals surface area contributed by atoms with Crippen LogP contribution in [0.25, 0.3) is 22.2 Å². The van der Waals surface area contributed by atoms with Crippen LogP contribution in [0.3, 0.4) is 0 Å². The number of hydrogen-bond acceptors (Lipinski definition) is 9. The number of nitrogens with one attached hydrogen (secondary N) is 1. The maximum absolute atomic E-state index is 13.9. The second kappa shape index (κ2) is 10.5. The number of ether oxygens (including phenoxy) is 1. The molecule has 1 amide bonds. The summed E-state index contributed by atoms with van der Waals surface area (Å²) in [7, 11) is -2.92. The number of nitrogens with zero attached hydrogens (tertiary/aromatic N) is 4. The fraction of sp³-hybridized carbons (Fsp3) is 0.269. The van der Waals surface area contributed by atoms with Gasteiger partial charge in [0.2, 0.25) is 0 Å². The molecule has 8 nitrogen and oxygen atoms in total. The van der Waals surface area contributed by atoms with E-state index in [0.717, 1.165) is 22.2 Å². The molecule has 2 atom stereocenters. The number of carbonyl (C=O) groups excluding carboxylic acids is 1. The van der Waals surface area contributed by atoms with E-state index >= 15 is 0 Å². The summed E-state index contributed by atoms with van der Waals surface area (Å²) in [6, 6.07) is 12.9. The minimum atomic E-state index is -3.03. The number of aryl methyl sites for hydroxylation is 1. The molecule has 0 aliphatic carbocycles. The molecule has 0 fully saturated rings. The molecule has 0 saturated heterocycles. The first-order valence-electron chi connectivity index (χ1n) is 12.0. The molecule has 14 heteroatoms. The minimum absolute atomic E-state index is 0.0957. The number of aromatic nitrogens is 3. The first kappa shape index (κ1) is 28.7. The lowest BCUT2D eigenvalue weighted by atomic mass is 10.1. The van der Waals surface area contributed by atoms with Crippen molar-refractivity contribution in [3.05, 3.63) is 71.7 Å². The second-order valence-corrected chi connectivity index (χ2v) is 14.5. The van der Waals surface area contributed by atoms with E-state index in [1.807, 2.05) is 22.8 Å². The van der Waals surface area contributed by atoms with E-state index in [-0.39, 0.29) is 21.9 Å². The Balaban J connectivity index is 1.53. The average Bonchev–Trinajstić information content (AvgIpc) is 3.43. The molecule has 2 aromatic carbocycles. The quantitative estimate of drug-likeness (QED) is 0.149. The molecular formula is C26H25F2N5O3S4. The van der Waals surface area contributed by atoms with Gasteiger partial charge in [0.15, 0.2) is 3.54 Å². The number of alkyl halides is 2. The monoisotopic (exact) mass is 621 g/mol. The van der Waals surface area contributed by atoms with E-state index in [9.17, 15) is 17.8 Å². The summed E-state index contributed by atoms with van der Waals surface area (Å²) in [5.74, 6) is 0.0196. The first-order valence-corrected chi connectivity index (χ1v) is 15.3. The van der Waals surface area contributed by atoms with Gasteiger partial charge in [0, 0.05) is 35.7 Å². The Labute approximate surface area is 246 Å². The molecule has 0 saturated carbocycles. The van der Waals surface area contributed by atoms with Gasteiger partial charge in [0.1, 0.15) is 16.6 Å². The van der Waals surface area contributed by atoms with Crippen LogP contribution in [-0.2, 0) is 16.3 Å². The third-order valence-electron chi connectivity index (χ3n) is 6.75. The van der Waals surface area contributed by atoms with Crippen molar-refractivity contribution in [1.29, 1.82) is 4.78 Å². The minimum Gasteiger partial charge on any atom is -0.435 e. The van der Waals surface area contributed by atoms with E-state index in [1.54, 1.807) is 18.3 Å². The van der Waals surface area contributed by atoms with Crippen LogP contribution in [0.5, 0.6) is 5.75 Å². The molecule has 1 aliphatic rings. The topological polar surface area (TPSA) is 101 Å². The molecule has 1 unspecified atom stereocenters. The van der Waals surface area contributed by atoms with Gasteiger partial charge < -0.3 is 9.30 Å². The molecule has 0 bridgehead atoms. The van der Waals surface area contributed by atoms with Crippen LogP contribution >= 0.6 is 37.9 Å². The number of pyridine rings is 1. The molecule has 2 aromatic heterocycles. The maximum Gasteiger partial charge on any atom is 0.387 e. The van der Waals surface area contributed by atoms with Crippen LogP contribution in [0.4, 0.5) is 8.78 Å². The highest BCUT2D eigenvalue weighted by Gasteiger charge is 2.42. The van der Waals surface area contributed by atoms with Gasteiger partial charge in [0.25, 0.3) is 5.91 Å². The first-order chi connectivity index (χ1) is 18.8. The fourth-order valence-electron chi connectivity index (χ4n) is 4.90. The Bertz CT molecular complexity index is 1720. The highest BCUT2D eigenvalue weighted by molar-refractivity contribution is 8.16. The van der Waals surface area contributed by atoms with Crippen LogP contribution in [0.15, 0.2) is 59.8 Å². The summed E-state index contributed by atoms with van der Waals surface area (Å²) in [5.41, 5.74) is 3.63. The maximum atomic E-state index is 13.9. The predicted molar refractivity (Wildman–Crippen MR) is 159 cm³/mol. The Hall–Kier alpha value is -2.81. The molecule has 210 valence electrons. The number of hydrogen-bond donors (Lipinski definition) is 4. The summed E-state index contributed by atoms with van der Waals surface area (Å²) in [6.45, 7) is -0.940. The van der Waals surface area contributed by atoms with Crippen molar-refractivity contribution in [3.8, 4) is 16.9 Å². The Morgan fingerprint density at radius 3 is 2.55 bits per heavy atom. The van der Waals surface area contributed by atoms with E-state index < -0.39 is 31.8 Å². The lowest BCUT2D eigenvalue weighted by Crippen LogP contribution is -2.43. The van der Waals surface area contributed by atoms with Crippen molar-refractivity contribution in [1.82, 2.24) is 19.4 Å². The summed E-state index contributed by atoms with van der Waals surface area (Å²) in [6.07, 6.45) is 3.42. The molecule has 4 aromatic rings.